The number of hydrogen-bond donors (Lipinski definition) is 2. The number of carbonyl (C=O) groups is 1. The molecule has 0 unspecified atom stereocenters. The van der Waals surface area contributed by atoms with E-state index < -0.39 is 0 Å². The first-order valence-electron chi connectivity index (χ1n) is 9.70. The molecule has 4 atom stereocenters. The van der Waals surface area contributed by atoms with Crippen LogP contribution in [-0.2, 0) is 4.79 Å². The van der Waals surface area contributed by atoms with E-state index in [1.165, 1.54) is 37.4 Å². The molecule has 5 rings (SSSR count). The molecule has 0 spiro atoms. The van der Waals surface area contributed by atoms with Crippen LogP contribution in [0.2, 0.25) is 0 Å². The van der Waals surface area contributed by atoms with Crippen molar-refractivity contribution in [3.63, 3.8) is 0 Å². The Bertz CT molecular complexity index is 1000. The highest BCUT2D eigenvalue weighted by Gasteiger charge is 2.42. The zero-order chi connectivity index (χ0) is 18.4. The second-order valence-electron chi connectivity index (χ2n) is 7.95. The minimum Gasteiger partial charge on any atom is -0.353 e. The molecule has 140 valence electrons. The molecule has 2 aliphatic rings. The molecule has 1 amide bonds. The molecule has 0 radical (unpaired) electrons. The van der Waals surface area contributed by atoms with Gasteiger partial charge in [-0.3, -0.25) is 4.79 Å². The van der Waals surface area contributed by atoms with Gasteiger partial charge in [-0.2, -0.15) is 0 Å². The Hall–Kier alpha value is -2.15. The predicted molar refractivity (Wildman–Crippen MR) is 106 cm³/mol. The lowest BCUT2D eigenvalue weighted by Crippen LogP contribution is -2.40. The first-order chi connectivity index (χ1) is 13.2. The average Bonchev–Trinajstić information content (AvgIpc) is 3.39. The number of amides is 1. The van der Waals surface area contributed by atoms with E-state index in [1.807, 2.05) is 24.3 Å². The van der Waals surface area contributed by atoms with Gasteiger partial charge in [0.2, 0.25) is 11.1 Å². The molecule has 2 aliphatic carbocycles. The molecule has 2 bridgehead atoms. The van der Waals surface area contributed by atoms with Crippen molar-refractivity contribution < 1.29 is 4.79 Å². The quantitative estimate of drug-likeness (QED) is 0.661. The summed E-state index contributed by atoms with van der Waals surface area (Å²) in [7, 11) is 0. The summed E-state index contributed by atoms with van der Waals surface area (Å²) in [6.07, 6.45) is 5.37. The van der Waals surface area contributed by atoms with Gasteiger partial charge in [-0.05, 0) is 50.0 Å². The van der Waals surface area contributed by atoms with Crippen LogP contribution in [0.5, 0.6) is 0 Å². The molecule has 2 aromatic heterocycles. The molecular formula is C20H23N5OS. The fourth-order valence-corrected chi connectivity index (χ4v) is 5.60. The van der Waals surface area contributed by atoms with Crippen LogP contribution in [0, 0.1) is 17.8 Å². The van der Waals surface area contributed by atoms with Gasteiger partial charge in [-0.25, -0.2) is 4.98 Å². The standard InChI is InChI=1S/C20H23N5OS/c1-11(15-9-12-6-7-13(15)8-12)21-17(26)10-27-20-23-19-18(24-25-20)14-4-2-3-5-16(14)22-19/h2-5,11-13,15H,6-10H2,1H3,(H,21,26)(H,22,23,25)/t11-,12-,13-,15-/m0/s1. The van der Waals surface area contributed by atoms with Crippen LogP contribution in [-0.4, -0.2) is 37.9 Å². The summed E-state index contributed by atoms with van der Waals surface area (Å²) in [5.41, 5.74) is 2.47. The Morgan fingerprint density at radius 2 is 2.19 bits per heavy atom. The van der Waals surface area contributed by atoms with Crippen molar-refractivity contribution in [2.45, 2.75) is 43.8 Å². The van der Waals surface area contributed by atoms with Crippen molar-refractivity contribution in [2.75, 3.05) is 5.75 Å². The second-order valence-corrected chi connectivity index (χ2v) is 8.89. The highest BCUT2D eigenvalue weighted by Crippen LogP contribution is 2.49. The Balaban J connectivity index is 1.21. The third-order valence-corrected chi connectivity index (χ3v) is 7.10. The fourth-order valence-electron chi connectivity index (χ4n) is 5.01. The van der Waals surface area contributed by atoms with Crippen molar-refractivity contribution >= 4 is 39.7 Å². The van der Waals surface area contributed by atoms with E-state index in [4.69, 9.17) is 0 Å². The highest BCUT2D eigenvalue weighted by atomic mass is 32.2. The van der Waals surface area contributed by atoms with Gasteiger partial charge in [0, 0.05) is 16.9 Å². The minimum absolute atomic E-state index is 0.0515. The number of hydrogen-bond acceptors (Lipinski definition) is 5. The molecule has 6 nitrogen and oxygen atoms in total. The Labute approximate surface area is 161 Å². The van der Waals surface area contributed by atoms with E-state index in [1.54, 1.807) is 0 Å². The van der Waals surface area contributed by atoms with E-state index in [9.17, 15) is 4.79 Å². The molecule has 0 aliphatic heterocycles. The maximum atomic E-state index is 12.4. The maximum absolute atomic E-state index is 12.4. The zero-order valence-electron chi connectivity index (χ0n) is 15.3. The van der Waals surface area contributed by atoms with Gasteiger partial charge < -0.3 is 10.3 Å². The van der Waals surface area contributed by atoms with Gasteiger partial charge in [0.15, 0.2) is 5.65 Å². The van der Waals surface area contributed by atoms with Gasteiger partial charge in [-0.1, -0.05) is 36.4 Å². The summed E-state index contributed by atoms with van der Waals surface area (Å²) < 4.78 is 0. The third kappa shape index (κ3) is 3.18. The topological polar surface area (TPSA) is 83.6 Å². The number of rotatable bonds is 5. The molecule has 2 N–H and O–H groups in total. The van der Waals surface area contributed by atoms with Crippen LogP contribution >= 0.6 is 11.8 Å². The minimum atomic E-state index is 0.0515. The second kappa shape index (κ2) is 6.78. The lowest BCUT2D eigenvalue weighted by Gasteiger charge is -2.28. The van der Waals surface area contributed by atoms with Crippen LogP contribution in [0.15, 0.2) is 29.4 Å². The van der Waals surface area contributed by atoms with Crippen molar-refractivity contribution in [1.82, 2.24) is 25.5 Å². The number of H-pyrrole nitrogens is 1. The van der Waals surface area contributed by atoms with E-state index in [-0.39, 0.29) is 11.9 Å². The van der Waals surface area contributed by atoms with Crippen LogP contribution in [0.25, 0.3) is 22.1 Å². The summed E-state index contributed by atoms with van der Waals surface area (Å²) in [6.45, 7) is 2.16. The largest absolute Gasteiger partial charge is 0.353 e. The van der Waals surface area contributed by atoms with Gasteiger partial charge in [0.25, 0.3) is 0 Å². The molecule has 0 saturated heterocycles. The van der Waals surface area contributed by atoms with E-state index in [2.05, 4.69) is 32.4 Å². The first kappa shape index (κ1) is 17.0. The molecule has 2 fully saturated rings. The number of benzene rings is 1. The van der Waals surface area contributed by atoms with E-state index in [0.29, 0.717) is 22.5 Å². The van der Waals surface area contributed by atoms with Crippen molar-refractivity contribution in [1.29, 1.82) is 0 Å². The molecular weight excluding hydrogens is 358 g/mol. The van der Waals surface area contributed by atoms with E-state index in [0.717, 1.165) is 28.3 Å². The highest BCUT2D eigenvalue weighted by molar-refractivity contribution is 7.99. The summed E-state index contributed by atoms with van der Waals surface area (Å²) in [6, 6.07) is 8.20. The van der Waals surface area contributed by atoms with Gasteiger partial charge in [-0.15, -0.1) is 10.2 Å². The van der Waals surface area contributed by atoms with Crippen LogP contribution in [0.3, 0.4) is 0 Å². The molecule has 7 heteroatoms. The average molecular weight is 382 g/mol. The van der Waals surface area contributed by atoms with Crippen molar-refractivity contribution in [2.24, 2.45) is 17.8 Å². The summed E-state index contributed by atoms with van der Waals surface area (Å²) >= 11 is 1.34. The van der Waals surface area contributed by atoms with Crippen LogP contribution in [0.1, 0.15) is 32.6 Å². The summed E-state index contributed by atoms with van der Waals surface area (Å²) in [5.74, 6) is 2.73. The normalized spacial score (nSPS) is 25.3. The zero-order valence-corrected chi connectivity index (χ0v) is 16.1. The molecule has 1 aromatic carbocycles. The van der Waals surface area contributed by atoms with Crippen molar-refractivity contribution in [3.05, 3.63) is 24.3 Å². The molecule has 27 heavy (non-hydrogen) atoms. The monoisotopic (exact) mass is 381 g/mol. The SMILES string of the molecule is C[C@H](NC(=O)CSc1nnc2c(n1)[nH]c1ccccc12)[C@@H]1C[C@H]2CC[C@H]1C2. The lowest BCUT2D eigenvalue weighted by molar-refractivity contribution is -0.119. The number of aromatic amines is 1. The number of nitrogens with one attached hydrogen (secondary N) is 2. The Morgan fingerprint density at radius 3 is 3.00 bits per heavy atom. The third-order valence-electron chi connectivity index (χ3n) is 6.26. The number of aromatic nitrogens is 4. The summed E-state index contributed by atoms with van der Waals surface area (Å²) in [5, 5.41) is 13.2. The number of nitrogens with zero attached hydrogens (tertiary/aromatic N) is 3. The summed E-state index contributed by atoms with van der Waals surface area (Å²) in [4.78, 5) is 20.2. The van der Waals surface area contributed by atoms with Crippen molar-refractivity contribution in [3.8, 4) is 0 Å². The molecule has 2 saturated carbocycles. The van der Waals surface area contributed by atoms with Gasteiger partial charge >= 0.3 is 0 Å². The smallest absolute Gasteiger partial charge is 0.230 e. The van der Waals surface area contributed by atoms with E-state index >= 15 is 0 Å². The Morgan fingerprint density at radius 1 is 1.30 bits per heavy atom. The fraction of sp³-hybridized carbons (Fsp3) is 0.500. The number of fused-ring (bicyclic) bond motifs is 5. The van der Waals surface area contributed by atoms with Crippen LogP contribution < -0.4 is 5.32 Å². The number of para-hydroxylation sites is 1. The molecule has 2 heterocycles. The van der Waals surface area contributed by atoms with Crippen LogP contribution in [0.4, 0.5) is 0 Å². The Kier molecular flexibility index (Phi) is 4.27. The maximum Gasteiger partial charge on any atom is 0.230 e. The lowest BCUT2D eigenvalue weighted by atomic mass is 9.84. The molecule has 3 aromatic rings. The predicted octanol–water partition coefficient (Wildman–Crippen LogP) is 3.54. The number of thioether (sulfide) groups is 1. The number of carbonyl (C=O) groups excluding carboxylic acids is 1. The van der Waals surface area contributed by atoms with Gasteiger partial charge in [0.1, 0.15) is 5.52 Å². The van der Waals surface area contributed by atoms with Gasteiger partial charge in [0.05, 0.1) is 5.75 Å². The first-order valence-corrected chi connectivity index (χ1v) is 10.7.